The predicted octanol–water partition coefficient (Wildman–Crippen LogP) is 3.01. The van der Waals surface area contributed by atoms with E-state index >= 15 is 0 Å². The van der Waals surface area contributed by atoms with Gasteiger partial charge >= 0.3 is 0 Å². The number of benzene rings is 1. The molecule has 2 rings (SSSR count). The van der Waals surface area contributed by atoms with Gasteiger partial charge in [-0.2, -0.15) is 0 Å². The van der Waals surface area contributed by atoms with Crippen molar-refractivity contribution in [1.82, 2.24) is 4.90 Å². The molecular formula is C13H16BrFN2O. The van der Waals surface area contributed by atoms with Gasteiger partial charge in [0.25, 0.3) is 0 Å². The Bertz CT molecular complexity index is 445. The van der Waals surface area contributed by atoms with Gasteiger partial charge in [-0.05, 0) is 31.0 Å². The van der Waals surface area contributed by atoms with Gasteiger partial charge in [0.05, 0.1) is 5.69 Å². The SMILES string of the molecule is CC(=O)N1CCC(Nc2cc(Br)ccc2F)CC1. The number of hydrogen-bond donors (Lipinski definition) is 1. The highest BCUT2D eigenvalue weighted by Gasteiger charge is 2.21. The average molecular weight is 315 g/mol. The zero-order valence-corrected chi connectivity index (χ0v) is 11.8. The van der Waals surface area contributed by atoms with Crippen molar-refractivity contribution in [2.75, 3.05) is 18.4 Å². The molecule has 5 heteroatoms. The molecule has 1 saturated heterocycles. The number of halogens is 2. The minimum Gasteiger partial charge on any atom is -0.380 e. The van der Waals surface area contributed by atoms with Gasteiger partial charge in [-0.25, -0.2) is 4.39 Å². The molecule has 1 heterocycles. The van der Waals surface area contributed by atoms with Crippen LogP contribution in [0.15, 0.2) is 22.7 Å². The molecule has 1 aliphatic heterocycles. The standard InChI is InChI=1S/C13H16BrFN2O/c1-9(18)17-6-4-11(5-7-17)16-13-8-10(14)2-3-12(13)15/h2-3,8,11,16H,4-7H2,1H3. The van der Waals surface area contributed by atoms with Crippen LogP contribution >= 0.6 is 15.9 Å². The Hall–Kier alpha value is -1.10. The number of likely N-dealkylation sites (tertiary alicyclic amines) is 1. The van der Waals surface area contributed by atoms with E-state index in [4.69, 9.17) is 0 Å². The molecule has 0 unspecified atom stereocenters. The van der Waals surface area contributed by atoms with Gasteiger partial charge < -0.3 is 10.2 Å². The van der Waals surface area contributed by atoms with Gasteiger partial charge in [-0.3, -0.25) is 4.79 Å². The zero-order valence-electron chi connectivity index (χ0n) is 10.2. The van der Waals surface area contributed by atoms with Crippen LogP contribution in [0.3, 0.4) is 0 Å². The fourth-order valence-corrected chi connectivity index (χ4v) is 2.53. The fourth-order valence-electron chi connectivity index (χ4n) is 2.17. The average Bonchev–Trinajstić information content (AvgIpc) is 2.34. The Balaban J connectivity index is 1.95. The first kappa shape index (κ1) is 13.3. The van der Waals surface area contributed by atoms with E-state index < -0.39 is 0 Å². The quantitative estimate of drug-likeness (QED) is 0.910. The molecule has 1 aromatic rings. The van der Waals surface area contributed by atoms with E-state index in [2.05, 4.69) is 21.2 Å². The fraction of sp³-hybridized carbons (Fsp3) is 0.462. The number of hydrogen-bond acceptors (Lipinski definition) is 2. The van der Waals surface area contributed by atoms with Gasteiger partial charge in [-0.1, -0.05) is 15.9 Å². The lowest BCUT2D eigenvalue weighted by Gasteiger charge is -2.32. The number of nitrogens with one attached hydrogen (secondary N) is 1. The minimum absolute atomic E-state index is 0.113. The molecule has 1 aromatic carbocycles. The summed E-state index contributed by atoms with van der Waals surface area (Å²) in [5, 5.41) is 3.21. The van der Waals surface area contributed by atoms with Crippen molar-refractivity contribution in [2.45, 2.75) is 25.8 Å². The summed E-state index contributed by atoms with van der Waals surface area (Å²) in [6.45, 7) is 3.06. The lowest BCUT2D eigenvalue weighted by atomic mass is 10.0. The third-order valence-corrected chi connectivity index (χ3v) is 3.72. The molecule has 0 spiro atoms. The number of nitrogens with zero attached hydrogens (tertiary/aromatic N) is 1. The molecule has 0 saturated carbocycles. The van der Waals surface area contributed by atoms with E-state index in [1.807, 2.05) is 4.90 Å². The van der Waals surface area contributed by atoms with E-state index in [9.17, 15) is 9.18 Å². The molecule has 1 fully saturated rings. The Kier molecular flexibility index (Phi) is 4.22. The van der Waals surface area contributed by atoms with E-state index in [-0.39, 0.29) is 17.8 Å². The minimum atomic E-state index is -0.243. The summed E-state index contributed by atoms with van der Waals surface area (Å²) in [6, 6.07) is 5.09. The van der Waals surface area contributed by atoms with E-state index in [0.29, 0.717) is 5.69 Å². The summed E-state index contributed by atoms with van der Waals surface area (Å²) in [7, 11) is 0. The Morgan fingerprint density at radius 1 is 1.44 bits per heavy atom. The molecule has 1 N–H and O–H groups in total. The number of rotatable bonds is 2. The van der Waals surface area contributed by atoms with Gasteiger partial charge in [-0.15, -0.1) is 0 Å². The first-order chi connectivity index (χ1) is 8.56. The first-order valence-electron chi connectivity index (χ1n) is 6.03. The lowest BCUT2D eigenvalue weighted by molar-refractivity contribution is -0.129. The van der Waals surface area contributed by atoms with Crippen molar-refractivity contribution in [3.8, 4) is 0 Å². The van der Waals surface area contributed by atoms with Gasteiger partial charge in [0, 0.05) is 30.5 Å². The Labute approximate surface area is 114 Å². The van der Waals surface area contributed by atoms with Crippen LogP contribution in [0, 0.1) is 5.82 Å². The van der Waals surface area contributed by atoms with Crippen molar-refractivity contribution < 1.29 is 9.18 Å². The third kappa shape index (κ3) is 3.22. The van der Waals surface area contributed by atoms with E-state index in [1.165, 1.54) is 6.07 Å². The Morgan fingerprint density at radius 2 is 2.11 bits per heavy atom. The highest BCUT2D eigenvalue weighted by Crippen LogP contribution is 2.23. The van der Waals surface area contributed by atoms with Crippen LogP contribution in [0.1, 0.15) is 19.8 Å². The topological polar surface area (TPSA) is 32.3 Å². The van der Waals surface area contributed by atoms with Crippen LogP contribution in [0.5, 0.6) is 0 Å². The number of carbonyl (C=O) groups is 1. The molecule has 0 aromatic heterocycles. The molecule has 3 nitrogen and oxygen atoms in total. The zero-order chi connectivity index (χ0) is 13.1. The molecule has 18 heavy (non-hydrogen) atoms. The highest BCUT2D eigenvalue weighted by molar-refractivity contribution is 9.10. The van der Waals surface area contributed by atoms with Gasteiger partial charge in [0.1, 0.15) is 5.82 Å². The largest absolute Gasteiger partial charge is 0.380 e. The second kappa shape index (κ2) is 5.69. The van der Waals surface area contributed by atoms with Gasteiger partial charge in [0.15, 0.2) is 0 Å². The Morgan fingerprint density at radius 3 is 2.72 bits per heavy atom. The number of amides is 1. The third-order valence-electron chi connectivity index (χ3n) is 3.23. The highest BCUT2D eigenvalue weighted by atomic mass is 79.9. The van der Waals surface area contributed by atoms with Crippen LogP contribution in [-0.2, 0) is 4.79 Å². The molecule has 1 aliphatic rings. The van der Waals surface area contributed by atoms with Crippen LogP contribution < -0.4 is 5.32 Å². The van der Waals surface area contributed by atoms with Crippen LogP contribution in [-0.4, -0.2) is 29.9 Å². The molecule has 0 bridgehead atoms. The van der Waals surface area contributed by atoms with Crippen LogP contribution in [0.25, 0.3) is 0 Å². The summed E-state index contributed by atoms with van der Waals surface area (Å²) < 4.78 is 14.4. The van der Waals surface area contributed by atoms with E-state index in [0.717, 1.165) is 30.4 Å². The molecule has 98 valence electrons. The van der Waals surface area contributed by atoms with Crippen molar-refractivity contribution >= 4 is 27.5 Å². The summed E-state index contributed by atoms with van der Waals surface area (Å²) in [4.78, 5) is 13.0. The molecule has 0 aliphatic carbocycles. The molecular weight excluding hydrogens is 299 g/mol. The maximum atomic E-state index is 13.6. The van der Waals surface area contributed by atoms with Crippen molar-refractivity contribution in [2.24, 2.45) is 0 Å². The van der Waals surface area contributed by atoms with Crippen molar-refractivity contribution in [1.29, 1.82) is 0 Å². The monoisotopic (exact) mass is 314 g/mol. The maximum Gasteiger partial charge on any atom is 0.219 e. The number of anilines is 1. The van der Waals surface area contributed by atoms with Crippen molar-refractivity contribution in [3.05, 3.63) is 28.5 Å². The molecule has 0 radical (unpaired) electrons. The smallest absolute Gasteiger partial charge is 0.219 e. The normalized spacial score (nSPS) is 16.7. The summed E-state index contributed by atoms with van der Waals surface area (Å²) in [5.41, 5.74) is 0.519. The summed E-state index contributed by atoms with van der Waals surface area (Å²) in [6.07, 6.45) is 1.71. The summed E-state index contributed by atoms with van der Waals surface area (Å²) >= 11 is 3.33. The van der Waals surface area contributed by atoms with E-state index in [1.54, 1.807) is 19.1 Å². The first-order valence-corrected chi connectivity index (χ1v) is 6.82. The maximum absolute atomic E-state index is 13.6. The second-order valence-corrected chi connectivity index (χ2v) is 5.46. The molecule has 0 atom stereocenters. The number of carbonyl (C=O) groups excluding carboxylic acids is 1. The number of piperidine rings is 1. The van der Waals surface area contributed by atoms with Crippen LogP contribution in [0.4, 0.5) is 10.1 Å². The lowest BCUT2D eigenvalue weighted by Crippen LogP contribution is -2.41. The van der Waals surface area contributed by atoms with Gasteiger partial charge in [0.2, 0.25) is 5.91 Å². The van der Waals surface area contributed by atoms with Crippen LogP contribution in [0.2, 0.25) is 0 Å². The molecule has 1 amide bonds. The van der Waals surface area contributed by atoms with Crippen molar-refractivity contribution in [3.63, 3.8) is 0 Å². The predicted molar refractivity (Wildman–Crippen MR) is 73.0 cm³/mol. The summed E-state index contributed by atoms with van der Waals surface area (Å²) in [5.74, 6) is -0.130. The second-order valence-electron chi connectivity index (χ2n) is 4.55.